The minimum absolute atomic E-state index is 0.0904. The molecule has 0 radical (unpaired) electrons. The molecule has 6 rings (SSSR count). The van der Waals surface area contributed by atoms with E-state index in [9.17, 15) is 14.0 Å². The Kier molecular flexibility index (Phi) is 4.61. The predicted octanol–water partition coefficient (Wildman–Crippen LogP) is 4.96. The Morgan fingerprint density at radius 3 is 2.58 bits per heavy atom. The molecule has 0 unspecified atom stereocenters. The number of aromatic nitrogens is 2. The van der Waals surface area contributed by atoms with Crippen LogP contribution in [0.4, 0.5) is 4.39 Å². The van der Waals surface area contributed by atoms with E-state index < -0.39 is 0 Å². The topological polar surface area (TPSA) is 64.0 Å². The van der Waals surface area contributed by atoms with Crippen molar-refractivity contribution < 1.29 is 9.18 Å². The molecule has 2 aromatic heterocycles. The van der Waals surface area contributed by atoms with E-state index in [1.165, 1.54) is 0 Å². The van der Waals surface area contributed by atoms with Gasteiger partial charge in [-0.05, 0) is 78.6 Å². The monoisotopic (exact) mass is 439 g/mol. The third kappa shape index (κ3) is 3.71. The van der Waals surface area contributed by atoms with E-state index in [0.717, 1.165) is 48.1 Å². The molecular weight excluding hydrogens is 417 g/mol. The molecule has 2 heterocycles. The third-order valence-electron chi connectivity index (χ3n) is 6.39. The fourth-order valence-electron chi connectivity index (χ4n) is 4.28. The number of hydrogen-bond donors (Lipinski definition) is 1. The molecule has 0 spiro atoms. The molecule has 4 aromatic rings. The highest BCUT2D eigenvalue weighted by Crippen LogP contribution is 2.42. The summed E-state index contributed by atoms with van der Waals surface area (Å²) in [4.78, 5) is 30.2. The fraction of sp³-hybridized carbons (Fsp3) is 0.222. The van der Waals surface area contributed by atoms with Crippen LogP contribution < -0.4 is 10.7 Å². The van der Waals surface area contributed by atoms with Crippen molar-refractivity contribution in [2.75, 3.05) is 0 Å². The number of carbonyl (C=O) groups excluding carboxylic acids is 1. The number of halogens is 1. The zero-order chi connectivity index (χ0) is 22.5. The number of carbonyl (C=O) groups is 1. The molecule has 164 valence electrons. The van der Waals surface area contributed by atoms with E-state index in [1.807, 2.05) is 36.4 Å². The van der Waals surface area contributed by atoms with Gasteiger partial charge < -0.3 is 9.88 Å². The first-order chi connectivity index (χ1) is 16.1. The second kappa shape index (κ2) is 7.66. The molecule has 1 N–H and O–H groups in total. The molecule has 6 heteroatoms. The standard InChI is InChI=1S/C27H22FN3O2/c28-24-14-18(8-11-21(24)16-6-7-16)17-3-1-4-20(13-17)31-15-23(27(33)30-19-9-10-19)25(32)22-5-2-12-29-26(22)31/h1-5,8,11-16,19H,6-7,9-10H2,(H,30,33). The highest BCUT2D eigenvalue weighted by molar-refractivity contribution is 5.97. The molecule has 1 amide bonds. The summed E-state index contributed by atoms with van der Waals surface area (Å²) < 4.78 is 16.4. The molecule has 2 aliphatic carbocycles. The highest BCUT2D eigenvalue weighted by Gasteiger charge is 2.27. The van der Waals surface area contributed by atoms with E-state index in [0.29, 0.717) is 17.0 Å². The number of amides is 1. The summed E-state index contributed by atoms with van der Waals surface area (Å²) in [5.41, 5.74) is 3.39. The van der Waals surface area contributed by atoms with Crippen LogP contribution in [0.2, 0.25) is 0 Å². The van der Waals surface area contributed by atoms with Gasteiger partial charge in [0.2, 0.25) is 5.43 Å². The van der Waals surface area contributed by atoms with E-state index >= 15 is 0 Å². The van der Waals surface area contributed by atoms with Crippen LogP contribution in [0.15, 0.2) is 71.8 Å². The maximum atomic E-state index is 14.7. The van der Waals surface area contributed by atoms with E-state index in [1.54, 1.807) is 35.2 Å². The normalized spacial score (nSPS) is 15.5. The van der Waals surface area contributed by atoms with Gasteiger partial charge in [0, 0.05) is 24.1 Å². The number of benzene rings is 2. The number of pyridine rings is 2. The molecule has 0 aliphatic heterocycles. The zero-order valence-electron chi connectivity index (χ0n) is 17.9. The second-order valence-corrected chi connectivity index (χ2v) is 8.93. The van der Waals surface area contributed by atoms with Gasteiger partial charge in [0.15, 0.2) is 0 Å². The maximum Gasteiger partial charge on any atom is 0.257 e. The molecule has 2 aromatic carbocycles. The fourth-order valence-corrected chi connectivity index (χ4v) is 4.28. The maximum absolute atomic E-state index is 14.7. The largest absolute Gasteiger partial charge is 0.349 e. The molecule has 0 atom stereocenters. The van der Waals surface area contributed by atoms with E-state index in [2.05, 4.69) is 10.3 Å². The van der Waals surface area contributed by atoms with Crippen molar-refractivity contribution in [2.24, 2.45) is 0 Å². The van der Waals surface area contributed by atoms with Crippen molar-refractivity contribution in [1.29, 1.82) is 0 Å². The van der Waals surface area contributed by atoms with Crippen LogP contribution in [-0.2, 0) is 0 Å². The lowest BCUT2D eigenvalue weighted by Crippen LogP contribution is -2.31. The molecule has 2 aliphatic rings. The first-order valence-corrected chi connectivity index (χ1v) is 11.3. The van der Waals surface area contributed by atoms with Crippen LogP contribution in [0.25, 0.3) is 27.8 Å². The van der Waals surface area contributed by atoms with Gasteiger partial charge in [0.1, 0.15) is 17.0 Å². The molecular formula is C27H22FN3O2. The summed E-state index contributed by atoms with van der Waals surface area (Å²) in [7, 11) is 0. The first-order valence-electron chi connectivity index (χ1n) is 11.3. The van der Waals surface area contributed by atoms with Gasteiger partial charge in [-0.25, -0.2) is 9.37 Å². The van der Waals surface area contributed by atoms with Crippen molar-refractivity contribution in [3.8, 4) is 16.8 Å². The van der Waals surface area contributed by atoms with Crippen LogP contribution in [0, 0.1) is 5.82 Å². The van der Waals surface area contributed by atoms with Crippen molar-refractivity contribution in [3.63, 3.8) is 0 Å². The molecule has 33 heavy (non-hydrogen) atoms. The zero-order valence-corrected chi connectivity index (χ0v) is 17.9. The Labute approximate surface area is 189 Å². The number of nitrogens with zero attached hydrogens (tertiary/aromatic N) is 2. The van der Waals surface area contributed by atoms with Gasteiger partial charge in [-0.3, -0.25) is 9.59 Å². The lowest BCUT2D eigenvalue weighted by atomic mass is 10.0. The lowest BCUT2D eigenvalue weighted by molar-refractivity contribution is 0.0949. The summed E-state index contributed by atoms with van der Waals surface area (Å²) >= 11 is 0. The molecule has 5 nitrogen and oxygen atoms in total. The smallest absolute Gasteiger partial charge is 0.257 e. The van der Waals surface area contributed by atoms with Crippen LogP contribution in [0.3, 0.4) is 0 Å². The number of hydrogen-bond acceptors (Lipinski definition) is 3. The highest BCUT2D eigenvalue weighted by atomic mass is 19.1. The van der Waals surface area contributed by atoms with Crippen LogP contribution in [0.1, 0.15) is 47.5 Å². The van der Waals surface area contributed by atoms with Gasteiger partial charge >= 0.3 is 0 Å². The average molecular weight is 439 g/mol. The molecule has 0 bridgehead atoms. The van der Waals surface area contributed by atoms with E-state index in [4.69, 9.17) is 0 Å². The van der Waals surface area contributed by atoms with Crippen molar-refractivity contribution in [1.82, 2.24) is 14.9 Å². The van der Waals surface area contributed by atoms with Crippen molar-refractivity contribution in [2.45, 2.75) is 37.6 Å². The predicted molar refractivity (Wildman–Crippen MR) is 125 cm³/mol. The summed E-state index contributed by atoms with van der Waals surface area (Å²) in [5.74, 6) is -0.185. The van der Waals surface area contributed by atoms with Crippen molar-refractivity contribution >= 4 is 16.9 Å². The number of nitrogens with one attached hydrogen (secondary N) is 1. The Morgan fingerprint density at radius 2 is 1.82 bits per heavy atom. The molecule has 2 saturated carbocycles. The number of fused-ring (bicyclic) bond motifs is 1. The average Bonchev–Trinajstić information content (AvgIpc) is 3.75. The number of rotatable bonds is 5. The minimum Gasteiger partial charge on any atom is -0.349 e. The van der Waals surface area contributed by atoms with Crippen LogP contribution in [0.5, 0.6) is 0 Å². The second-order valence-electron chi connectivity index (χ2n) is 8.93. The molecule has 0 saturated heterocycles. The Balaban J connectivity index is 1.46. The van der Waals surface area contributed by atoms with Gasteiger partial charge in [0.25, 0.3) is 5.91 Å². The summed E-state index contributed by atoms with van der Waals surface area (Å²) in [6.07, 6.45) is 7.16. The minimum atomic E-state index is -0.365. The van der Waals surface area contributed by atoms with Gasteiger partial charge in [-0.2, -0.15) is 0 Å². The SMILES string of the molecule is O=C(NC1CC1)c1cn(-c2cccc(-c3ccc(C4CC4)c(F)c3)c2)c2ncccc2c1=O. The lowest BCUT2D eigenvalue weighted by Gasteiger charge is -2.14. The Morgan fingerprint density at radius 1 is 1.00 bits per heavy atom. The van der Waals surface area contributed by atoms with Crippen molar-refractivity contribution in [3.05, 3.63) is 94.2 Å². The first kappa shape index (κ1) is 19.9. The Bertz CT molecular complexity index is 1470. The van der Waals surface area contributed by atoms with Gasteiger partial charge in [-0.15, -0.1) is 0 Å². The summed E-state index contributed by atoms with van der Waals surface area (Å²) in [6.45, 7) is 0. The van der Waals surface area contributed by atoms with Crippen LogP contribution >= 0.6 is 0 Å². The van der Waals surface area contributed by atoms with Crippen LogP contribution in [-0.4, -0.2) is 21.5 Å². The van der Waals surface area contributed by atoms with Gasteiger partial charge in [0.05, 0.1) is 5.39 Å². The molecule has 2 fully saturated rings. The quantitative estimate of drug-likeness (QED) is 0.478. The summed E-state index contributed by atoms with van der Waals surface area (Å²) in [5, 5.41) is 3.28. The summed E-state index contributed by atoms with van der Waals surface area (Å²) in [6, 6.07) is 16.6. The third-order valence-corrected chi connectivity index (χ3v) is 6.39. The van der Waals surface area contributed by atoms with Gasteiger partial charge in [-0.1, -0.05) is 24.3 Å². The van der Waals surface area contributed by atoms with E-state index in [-0.39, 0.29) is 28.8 Å². The Hall–Kier alpha value is -3.80.